The molecule has 0 unspecified atom stereocenters. The van der Waals surface area contributed by atoms with Crippen LogP contribution in [-0.4, -0.2) is 31.3 Å². The van der Waals surface area contributed by atoms with Crippen molar-refractivity contribution in [2.75, 3.05) is 11.1 Å². The summed E-state index contributed by atoms with van der Waals surface area (Å²) in [6.07, 6.45) is 0. The molecule has 9 nitrogen and oxygen atoms in total. The summed E-state index contributed by atoms with van der Waals surface area (Å²) < 4.78 is 7.39. The first-order chi connectivity index (χ1) is 13.9. The number of nitro groups is 1. The van der Waals surface area contributed by atoms with Gasteiger partial charge in [0.2, 0.25) is 5.91 Å². The summed E-state index contributed by atoms with van der Waals surface area (Å²) in [7, 11) is 1.78. The van der Waals surface area contributed by atoms with E-state index in [1.165, 1.54) is 36.0 Å². The van der Waals surface area contributed by atoms with Crippen LogP contribution in [0.5, 0.6) is 5.75 Å². The molecule has 3 rings (SSSR count). The molecule has 0 aliphatic rings. The van der Waals surface area contributed by atoms with Crippen LogP contribution in [0.25, 0.3) is 0 Å². The highest BCUT2D eigenvalue weighted by molar-refractivity contribution is 7.99. The molecule has 0 fully saturated rings. The van der Waals surface area contributed by atoms with Gasteiger partial charge in [0, 0.05) is 24.9 Å². The van der Waals surface area contributed by atoms with E-state index < -0.39 is 4.92 Å². The average molecular weight is 434 g/mol. The number of nitro benzene ring substituents is 1. The summed E-state index contributed by atoms with van der Waals surface area (Å²) in [4.78, 5) is 22.3. The van der Waals surface area contributed by atoms with Crippen LogP contribution in [0.2, 0.25) is 5.02 Å². The molecule has 0 radical (unpaired) electrons. The largest absolute Gasteiger partial charge is 0.484 e. The first-order valence-electron chi connectivity index (χ1n) is 8.36. The minimum absolute atomic E-state index is 0.0389. The van der Waals surface area contributed by atoms with E-state index in [1.54, 1.807) is 23.7 Å². The number of halogens is 1. The fourth-order valence-corrected chi connectivity index (χ4v) is 3.21. The number of benzene rings is 2. The number of carbonyl (C=O) groups excluding carboxylic acids is 1. The van der Waals surface area contributed by atoms with Gasteiger partial charge in [-0.2, -0.15) is 0 Å². The van der Waals surface area contributed by atoms with Crippen LogP contribution < -0.4 is 10.1 Å². The Balaban J connectivity index is 1.52. The molecule has 2 aromatic carbocycles. The van der Waals surface area contributed by atoms with Crippen molar-refractivity contribution in [2.24, 2.45) is 7.05 Å². The number of carbonyl (C=O) groups is 1. The van der Waals surface area contributed by atoms with Crippen molar-refractivity contribution in [3.63, 3.8) is 0 Å². The van der Waals surface area contributed by atoms with E-state index in [9.17, 15) is 14.9 Å². The van der Waals surface area contributed by atoms with Crippen molar-refractivity contribution >= 4 is 40.6 Å². The summed E-state index contributed by atoms with van der Waals surface area (Å²) in [6.45, 7) is 0.183. The van der Waals surface area contributed by atoms with Gasteiger partial charge in [-0.05, 0) is 24.3 Å². The van der Waals surface area contributed by atoms with Crippen LogP contribution in [0.15, 0.2) is 53.7 Å². The highest BCUT2D eigenvalue weighted by Gasteiger charge is 2.13. The zero-order valence-electron chi connectivity index (χ0n) is 15.2. The number of non-ortho nitro benzene ring substituents is 1. The molecule has 0 atom stereocenters. The molecule has 1 heterocycles. The third-order valence-electron chi connectivity index (χ3n) is 3.81. The van der Waals surface area contributed by atoms with E-state index >= 15 is 0 Å². The second-order valence-corrected chi connectivity index (χ2v) is 7.17. The van der Waals surface area contributed by atoms with Gasteiger partial charge in [-0.25, -0.2) is 0 Å². The standard InChI is InChI=1S/C18H16ClN5O4S/c1-23-16(10-28-15-5-3-2-4-14(15)19)21-22-18(23)29-11-17(25)20-12-6-8-13(9-7-12)24(26)27/h2-9H,10-11H2,1H3,(H,20,25). The fourth-order valence-electron chi connectivity index (χ4n) is 2.29. The molecule has 1 aromatic heterocycles. The van der Waals surface area contributed by atoms with Crippen molar-refractivity contribution in [1.82, 2.24) is 14.8 Å². The van der Waals surface area contributed by atoms with Crippen LogP contribution in [0.1, 0.15) is 5.82 Å². The lowest BCUT2D eigenvalue weighted by Gasteiger charge is -2.08. The molecule has 1 amide bonds. The molecular formula is C18H16ClN5O4S. The van der Waals surface area contributed by atoms with Crippen LogP contribution in [0, 0.1) is 10.1 Å². The predicted molar refractivity (Wildman–Crippen MR) is 109 cm³/mol. The Labute approximate surface area is 175 Å². The van der Waals surface area contributed by atoms with Crippen molar-refractivity contribution in [3.05, 3.63) is 69.5 Å². The second-order valence-electron chi connectivity index (χ2n) is 5.82. The van der Waals surface area contributed by atoms with Gasteiger partial charge in [0.05, 0.1) is 15.7 Å². The van der Waals surface area contributed by atoms with Crippen LogP contribution in [0.4, 0.5) is 11.4 Å². The number of hydrogen-bond acceptors (Lipinski definition) is 7. The van der Waals surface area contributed by atoms with Gasteiger partial charge < -0.3 is 14.6 Å². The first kappa shape index (κ1) is 20.6. The summed E-state index contributed by atoms with van der Waals surface area (Å²) in [5, 5.41) is 22.5. The van der Waals surface area contributed by atoms with Crippen LogP contribution >= 0.6 is 23.4 Å². The lowest BCUT2D eigenvalue weighted by atomic mass is 10.3. The van der Waals surface area contributed by atoms with Crippen LogP contribution in [0.3, 0.4) is 0 Å². The molecule has 29 heavy (non-hydrogen) atoms. The Kier molecular flexibility index (Phi) is 6.68. The number of amides is 1. The predicted octanol–water partition coefficient (Wildman–Crippen LogP) is 3.69. The third-order valence-corrected chi connectivity index (χ3v) is 5.15. The highest BCUT2D eigenvalue weighted by Crippen LogP contribution is 2.24. The van der Waals surface area contributed by atoms with E-state index in [0.717, 1.165) is 0 Å². The smallest absolute Gasteiger partial charge is 0.269 e. The topological polar surface area (TPSA) is 112 Å². The summed E-state index contributed by atoms with van der Waals surface area (Å²) >= 11 is 7.28. The molecule has 0 bridgehead atoms. The lowest BCUT2D eigenvalue weighted by Crippen LogP contribution is -2.14. The number of aromatic nitrogens is 3. The molecule has 3 aromatic rings. The number of ether oxygens (including phenoxy) is 1. The first-order valence-corrected chi connectivity index (χ1v) is 9.73. The van der Waals surface area contributed by atoms with Crippen molar-refractivity contribution in [2.45, 2.75) is 11.8 Å². The minimum atomic E-state index is -0.497. The molecule has 1 N–H and O–H groups in total. The molecule has 0 spiro atoms. The SMILES string of the molecule is Cn1c(COc2ccccc2Cl)nnc1SCC(=O)Nc1ccc([N+](=O)[O-])cc1. The Hall–Kier alpha value is -3.11. The molecule has 0 saturated heterocycles. The van der Waals surface area contributed by atoms with Crippen molar-refractivity contribution < 1.29 is 14.5 Å². The lowest BCUT2D eigenvalue weighted by molar-refractivity contribution is -0.384. The van der Waals surface area contributed by atoms with Gasteiger partial charge in [-0.3, -0.25) is 14.9 Å². The van der Waals surface area contributed by atoms with Gasteiger partial charge in [0.15, 0.2) is 11.0 Å². The van der Waals surface area contributed by atoms with Crippen LogP contribution in [-0.2, 0) is 18.4 Å². The number of anilines is 1. The summed E-state index contributed by atoms with van der Waals surface area (Å²) in [5.74, 6) is 0.978. The van der Waals surface area contributed by atoms with Crippen molar-refractivity contribution in [1.29, 1.82) is 0 Å². The average Bonchev–Trinajstić information content (AvgIpc) is 3.06. The van der Waals surface area contributed by atoms with Gasteiger partial charge >= 0.3 is 0 Å². The highest BCUT2D eigenvalue weighted by atomic mass is 35.5. The number of thioether (sulfide) groups is 1. The Morgan fingerprint density at radius 3 is 2.66 bits per heavy atom. The van der Waals surface area contributed by atoms with Crippen molar-refractivity contribution in [3.8, 4) is 5.75 Å². The maximum absolute atomic E-state index is 12.1. The maximum atomic E-state index is 12.1. The van der Waals surface area contributed by atoms with Gasteiger partial charge in [0.25, 0.3) is 5.69 Å². The monoisotopic (exact) mass is 433 g/mol. The quantitative estimate of drug-likeness (QED) is 0.327. The van der Waals surface area contributed by atoms with E-state index in [2.05, 4.69) is 15.5 Å². The van der Waals surface area contributed by atoms with E-state index in [1.807, 2.05) is 12.1 Å². The summed E-state index contributed by atoms with van der Waals surface area (Å²) in [6, 6.07) is 12.7. The van der Waals surface area contributed by atoms with Gasteiger partial charge in [0.1, 0.15) is 12.4 Å². The number of hydrogen-bond donors (Lipinski definition) is 1. The number of nitrogens with zero attached hydrogens (tertiary/aromatic N) is 4. The normalized spacial score (nSPS) is 10.6. The minimum Gasteiger partial charge on any atom is -0.484 e. The van der Waals surface area contributed by atoms with E-state index in [0.29, 0.717) is 27.4 Å². The van der Waals surface area contributed by atoms with Gasteiger partial charge in [-0.1, -0.05) is 35.5 Å². The zero-order valence-corrected chi connectivity index (χ0v) is 16.8. The molecular weight excluding hydrogens is 418 g/mol. The Bertz CT molecular complexity index is 1030. The molecule has 150 valence electrons. The molecule has 0 aliphatic carbocycles. The Morgan fingerprint density at radius 2 is 1.97 bits per heavy atom. The van der Waals surface area contributed by atoms with E-state index in [4.69, 9.17) is 16.3 Å². The number of rotatable bonds is 8. The Morgan fingerprint density at radius 1 is 1.24 bits per heavy atom. The molecule has 0 aliphatic heterocycles. The molecule has 11 heteroatoms. The molecule has 0 saturated carbocycles. The van der Waals surface area contributed by atoms with E-state index in [-0.39, 0.29) is 24.0 Å². The number of nitrogens with one attached hydrogen (secondary N) is 1. The van der Waals surface area contributed by atoms with Gasteiger partial charge in [-0.15, -0.1) is 10.2 Å². The number of para-hydroxylation sites is 1. The second kappa shape index (κ2) is 9.39. The summed E-state index contributed by atoms with van der Waals surface area (Å²) in [5.41, 5.74) is 0.441. The fraction of sp³-hybridized carbons (Fsp3) is 0.167. The maximum Gasteiger partial charge on any atom is 0.269 e. The zero-order chi connectivity index (χ0) is 20.8. The third kappa shape index (κ3) is 5.46.